The second kappa shape index (κ2) is 6.48. The summed E-state index contributed by atoms with van der Waals surface area (Å²) in [7, 11) is 0. The standard InChI is InChI=1S/C15H23NOS/c1-3-7-13(16-10-5-4-6-11-16)15(17)14-9-8-12(2)18-14/h8-9,13H,3-7,10-11H2,1-2H3. The number of hydrogen-bond acceptors (Lipinski definition) is 3. The molecule has 0 radical (unpaired) electrons. The molecule has 1 unspecified atom stereocenters. The molecule has 100 valence electrons. The van der Waals surface area contributed by atoms with E-state index < -0.39 is 0 Å². The highest BCUT2D eigenvalue weighted by Gasteiger charge is 2.27. The first kappa shape index (κ1) is 13.8. The van der Waals surface area contributed by atoms with Crippen molar-refractivity contribution in [1.82, 2.24) is 4.90 Å². The lowest BCUT2D eigenvalue weighted by Crippen LogP contribution is -2.43. The van der Waals surface area contributed by atoms with Crippen LogP contribution in [0.4, 0.5) is 0 Å². The quantitative estimate of drug-likeness (QED) is 0.753. The number of aryl methyl sites for hydroxylation is 1. The van der Waals surface area contributed by atoms with Crippen LogP contribution in [-0.2, 0) is 0 Å². The Labute approximate surface area is 114 Å². The van der Waals surface area contributed by atoms with Crippen molar-refractivity contribution in [2.24, 2.45) is 0 Å². The predicted molar refractivity (Wildman–Crippen MR) is 77.5 cm³/mol. The second-order valence-electron chi connectivity index (χ2n) is 5.18. The zero-order chi connectivity index (χ0) is 13.0. The smallest absolute Gasteiger partial charge is 0.189 e. The fraction of sp³-hybridized carbons (Fsp3) is 0.667. The van der Waals surface area contributed by atoms with E-state index in [1.165, 1.54) is 24.1 Å². The Balaban J connectivity index is 2.10. The third-order valence-corrected chi connectivity index (χ3v) is 4.69. The molecule has 1 aliphatic heterocycles. The molecule has 0 bridgehead atoms. The Morgan fingerprint density at radius 2 is 2.06 bits per heavy atom. The summed E-state index contributed by atoms with van der Waals surface area (Å²) in [6.45, 7) is 6.43. The van der Waals surface area contributed by atoms with Crippen molar-refractivity contribution in [2.75, 3.05) is 13.1 Å². The molecule has 1 aromatic rings. The van der Waals surface area contributed by atoms with Crippen LogP contribution in [0.2, 0.25) is 0 Å². The minimum atomic E-state index is 0.119. The molecule has 1 fully saturated rings. The van der Waals surface area contributed by atoms with Crippen LogP contribution >= 0.6 is 11.3 Å². The van der Waals surface area contributed by atoms with Gasteiger partial charge < -0.3 is 0 Å². The maximum atomic E-state index is 12.6. The van der Waals surface area contributed by atoms with Gasteiger partial charge in [-0.3, -0.25) is 9.69 Å². The zero-order valence-corrected chi connectivity index (χ0v) is 12.3. The van der Waals surface area contributed by atoms with Crippen LogP contribution in [0.3, 0.4) is 0 Å². The van der Waals surface area contributed by atoms with Crippen LogP contribution in [0.1, 0.15) is 53.6 Å². The van der Waals surface area contributed by atoms with Gasteiger partial charge in [0.2, 0.25) is 0 Å². The number of carbonyl (C=O) groups is 1. The molecule has 18 heavy (non-hydrogen) atoms. The fourth-order valence-corrected chi connectivity index (χ4v) is 3.57. The lowest BCUT2D eigenvalue weighted by Gasteiger charge is -2.33. The number of ketones is 1. The molecule has 0 saturated carbocycles. The Morgan fingerprint density at radius 3 is 2.61 bits per heavy atom. The monoisotopic (exact) mass is 265 g/mol. The van der Waals surface area contributed by atoms with Gasteiger partial charge in [-0.15, -0.1) is 11.3 Å². The average Bonchev–Trinajstić information content (AvgIpc) is 2.83. The molecule has 1 atom stereocenters. The largest absolute Gasteiger partial charge is 0.293 e. The Kier molecular flexibility index (Phi) is 4.95. The summed E-state index contributed by atoms with van der Waals surface area (Å²) in [5.74, 6) is 0.344. The van der Waals surface area contributed by atoms with Gasteiger partial charge in [-0.05, 0) is 51.4 Å². The predicted octanol–water partition coefficient (Wildman–Crippen LogP) is 3.89. The van der Waals surface area contributed by atoms with Gasteiger partial charge in [0, 0.05) is 4.88 Å². The minimum Gasteiger partial charge on any atom is -0.293 e. The molecule has 1 aromatic heterocycles. The highest BCUT2D eigenvalue weighted by Crippen LogP contribution is 2.23. The summed E-state index contributed by atoms with van der Waals surface area (Å²) in [4.78, 5) is 17.2. The van der Waals surface area contributed by atoms with E-state index >= 15 is 0 Å². The summed E-state index contributed by atoms with van der Waals surface area (Å²) in [6, 6.07) is 4.17. The van der Waals surface area contributed by atoms with E-state index in [0.717, 1.165) is 30.8 Å². The Bertz CT molecular complexity index is 393. The molecule has 0 aliphatic carbocycles. The molecule has 0 amide bonds. The number of carbonyl (C=O) groups excluding carboxylic acids is 1. The molecule has 3 heteroatoms. The number of thiophene rings is 1. The third-order valence-electron chi connectivity index (χ3n) is 3.68. The van der Waals surface area contributed by atoms with Gasteiger partial charge >= 0.3 is 0 Å². The van der Waals surface area contributed by atoms with Crippen molar-refractivity contribution in [2.45, 2.75) is 52.0 Å². The van der Waals surface area contributed by atoms with Gasteiger partial charge in [-0.2, -0.15) is 0 Å². The lowest BCUT2D eigenvalue weighted by atomic mass is 10.0. The SMILES string of the molecule is CCCC(C(=O)c1ccc(C)s1)N1CCCCC1. The third kappa shape index (κ3) is 3.21. The molecular weight excluding hydrogens is 242 g/mol. The first-order valence-corrected chi connectivity index (χ1v) is 7.88. The molecule has 2 rings (SSSR count). The molecular formula is C15H23NOS. The van der Waals surface area contributed by atoms with Gasteiger partial charge in [0.15, 0.2) is 5.78 Å². The van der Waals surface area contributed by atoms with E-state index in [1.807, 2.05) is 6.07 Å². The van der Waals surface area contributed by atoms with E-state index in [1.54, 1.807) is 11.3 Å². The van der Waals surface area contributed by atoms with Crippen molar-refractivity contribution < 1.29 is 4.79 Å². The van der Waals surface area contributed by atoms with Crippen molar-refractivity contribution in [3.8, 4) is 0 Å². The normalized spacial score (nSPS) is 18.8. The first-order chi connectivity index (χ1) is 8.72. The van der Waals surface area contributed by atoms with Gasteiger partial charge in [0.1, 0.15) is 0 Å². The van der Waals surface area contributed by atoms with Gasteiger partial charge in [0.25, 0.3) is 0 Å². The number of piperidine rings is 1. The van der Waals surface area contributed by atoms with Crippen LogP contribution < -0.4 is 0 Å². The summed E-state index contributed by atoms with van der Waals surface area (Å²) >= 11 is 1.64. The molecule has 2 heterocycles. The van der Waals surface area contributed by atoms with Crippen LogP contribution in [-0.4, -0.2) is 29.8 Å². The van der Waals surface area contributed by atoms with E-state index in [0.29, 0.717) is 5.78 Å². The van der Waals surface area contributed by atoms with Crippen LogP contribution in [0.5, 0.6) is 0 Å². The Morgan fingerprint density at radius 1 is 1.33 bits per heavy atom. The van der Waals surface area contributed by atoms with Crippen molar-refractivity contribution in [3.63, 3.8) is 0 Å². The zero-order valence-electron chi connectivity index (χ0n) is 11.4. The summed E-state index contributed by atoms with van der Waals surface area (Å²) in [6.07, 6.45) is 5.89. The summed E-state index contributed by atoms with van der Waals surface area (Å²) in [5.41, 5.74) is 0. The number of nitrogens with zero attached hydrogens (tertiary/aromatic N) is 1. The maximum Gasteiger partial charge on any atom is 0.189 e. The molecule has 0 aromatic carbocycles. The average molecular weight is 265 g/mol. The first-order valence-electron chi connectivity index (χ1n) is 7.07. The van der Waals surface area contributed by atoms with Crippen LogP contribution in [0, 0.1) is 6.92 Å². The number of hydrogen-bond donors (Lipinski definition) is 0. The topological polar surface area (TPSA) is 20.3 Å². The summed E-state index contributed by atoms with van der Waals surface area (Å²) in [5, 5.41) is 0. The van der Waals surface area contributed by atoms with E-state index in [9.17, 15) is 4.79 Å². The minimum absolute atomic E-state index is 0.119. The van der Waals surface area contributed by atoms with Gasteiger partial charge in [-0.1, -0.05) is 19.8 Å². The lowest BCUT2D eigenvalue weighted by molar-refractivity contribution is 0.0772. The fourth-order valence-electron chi connectivity index (χ4n) is 2.71. The molecule has 1 saturated heterocycles. The molecule has 0 spiro atoms. The van der Waals surface area contributed by atoms with E-state index in [2.05, 4.69) is 24.8 Å². The molecule has 0 N–H and O–H groups in total. The number of rotatable bonds is 5. The maximum absolute atomic E-state index is 12.6. The molecule has 1 aliphatic rings. The van der Waals surface area contributed by atoms with Gasteiger partial charge in [0.05, 0.1) is 10.9 Å². The Hall–Kier alpha value is -0.670. The number of Topliss-reactive ketones (excluding diaryl/α,β-unsaturated/α-hetero) is 1. The van der Waals surface area contributed by atoms with Crippen molar-refractivity contribution in [3.05, 3.63) is 21.9 Å². The van der Waals surface area contributed by atoms with Crippen molar-refractivity contribution >= 4 is 17.1 Å². The number of likely N-dealkylation sites (tertiary alicyclic amines) is 1. The second-order valence-corrected chi connectivity index (χ2v) is 6.46. The van der Waals surface area contributed by atoms with Crippen molar-refractivity contribution in [1.29, 1.82) is 0 Å². The summed E-state index contributed by atoms with van der Waals surface area (Å²) < 4.78 is 0. The van der Waals surface area contributed by atoms with Crippen LogP contribution in [0.25, 0.3) is 0 Å². The van der Waals surface area contributed by atoms with E-state index in [-0.39, 0.29) is 6.04 Å². The highest BCUT2D eigenvalue weighted by molar-refractivity contribution is 7.14. The van der Waals surface area contributed by atoms with Crippen LogP contribution in [0.15, 0.2) is 12.1 Å². The highest BCUT2D eigenvalue weighted by atomic mass is 32.1. The van der Waals surface area contributed by atoms with Gasteiger partial charge in [-0.25, -0.2) is 0 Å². The molecule has 2 nitrogen and oxygen atoms in total. The van der Waals surface area contributed by atoms with E-state index in [4.69, 9.17) is 0 Å².